The van der Waals surface area contributed by atoms with E-state index in [1.807, 2.05) is 7.05 Å². The maximum Gasteiger partial charge on any atom is 0.128 e. The quantitative estimate of drug-likeness (QED) is 0.880. The van der Waals surface area contributed by atoms with Crippen LogP contribution in [0.2, 0.25) is 0 Å². The molecule has 1 aromatic carbocycles. The molecule has 1 aliphatic carbocycles. The van der Waals surface area contributed by atoms with Gasteiger partial charge in [-0.25, -0.2) is 4.39 Å². The minimum Gasteiger partial charge on any atom is -0.375 e. The monoisotopic (exact) mass is 257 g/mol. The largest absolute Gasteiger partial charge is 0.375 e. The average molecular weight is 258 g/mol. The fourth-order valence-corrected chi connectivity index (χ4v) is 2.46. The van der Waals surface area contributed by atoms with Crippen molar-refractivity contribution in [2.24, 2.45) is 0 Å². The molecular weight excluding hydrogens is 241 g/mol. The first-order valence-electron chi connectivity index (χ1n) is 5.87. The fourth-order valence-electron chi connectivity index (χ4n) is 2.46. The van der Waals surface area contributed by atoms with Gasteiger partial charge in [-0.15, -0.1) is 12.4 Å². The summed E-state index contributed by atoms with van der Waals surface area (Å²) in [5.41, 5.74) is 2.97. The zero-order chi connectivity index (χ0) is 11.1. The number of ether oxygens (including phenoxy) is 1. The van der Waals surface area contributed by atoms with Crippen molar-refractivity contribution in [3.8, 4) is 0 Å². The van der Waals surface area contributed by atoms with Gasteiger partial charge in [-0.05, 0) is 43.0 Å². The normalized spacial score (nSPS) is 22.8. The fraction of sp³-hybridized carbons (Fsp3) is 0.538. The molecule has 2 nitrogen and oxygen atoms in total. The van der Waals surface area contributed by atoms with Gasteiger partial charge >= 0.3 is 0 Å². The van der Waals surface area contributed by atoms with Crippen LogP contribution in [0.5, 0.6) is 0 Å². The van der Waals surface area contributed by atoms with Crippen LogP contribution in [0.25, 0.3) is 0 Å². The molecule has 17 heavy (non-hydrogen) atoms. The summed E-state index contributed by atoms with van der Waals surface area (Å²) in [6, 6.07) is 3.84. The van der Waals surface area contributed by atoms with Gasteiger partial charge in [0.2, 0.25) is 0 Å². The van der Waals surface area contributed by atoms with Crippen molar-refractivity contribution >= 4 is 12.4 Å². The standard InChI is InChI=1S/C13H16FNO.ClH/c1-15-12-7-16-6-10-4-9(8-2-3-8)5-11(14)13(10)12;/h4-5,8,12,15H,2-3,6-7H2,1H3;1H/t12-;/m1./s1. The summed E-state index contributed by atoms with van der Waals surface area (Å²) in [6.45, 7) is 1.11. The van der Waals surface area contributed by atoms with Crippen molar-refractivity contribution in [3.05, 3.63) is 34.6 Å². The third-order valence-corrected chi connectivity index (χ3v) is 3.53. The van der Waals surface area contributed by atoms with Crippen molar-refractivity contribution in [2.75, 3.05) is 13.7 Å². The number of hydrogen-bond acceptors (Lipinski definition) is 2. The predicted octanol–water partition coefficient (Wildman–Crippen LogP) is 2.92. The van der Waals surface area contributed by atoms with Crippen LogP contribution < -0.4 is 5.32 Å². The highest BCUT2D eigenvalue weighted by Gasteiger charge is 2.28. The molecule has 94 valence electrons. The summed E-state index contributed by atoms with van der Waals surface area (Å²) < 4.78 is 19.5. The second-order valence-electron chi connectivity index (χ2n) is 4.71. The molecule has 1 aromatic rings. The van der Waals surface area contributed by atoms with Crippen molar-refractivity contribution in [2.45, 2.75) is 31.4 Å². The molecule has 1 fully saturated rings. The van der Waals surface area contributed by atoms with Crippen molar-refractivity contribution in [1.82, 2.24) is 5.32 Å². The number of halogens is 2. The Morgan fingerprint density at radius 3 is 2.76 bits per heavy atom. The van der Waals surface area contributed by atoms with Crippen molar-refractivity contribution in [3.63, 3.8) is 0 Å². The van der Waals surface area contributed by atoms with Crippen LogP contribution in [0.4, 0.5) is 4.39 Å². The molecule has 1 N–H and O–H groups in total. The molecule has 0 amide bonds. The van der Waals surface area contributed by atoms with E-state index in [0.29, 0.717) is 19.1 Å². The first kappa shape index (κ1) is 12.8. The molecule has 1 heterocycles. The Labute approximate surface area is 107 Å². The molecule has 2 aliphatic rings. The van der Waals surface area contributed by atoms with Crippen LogP contribution in [-0.2, 0) is 11.3 Å². The topological polar surface area (TPSA) is 21.3 Å². The smallest absolute Gasteiger partial charge is 0.128 e. The van der Waals surface area contributed by atoms with Crippen molar-refractivity contribution < 1.29 is 9.13 Å². The van der Waals surface area contributed by atoms with E-state index in [-0.39, 0.29) is 24.3 Å². The number of fused-ring (bicyclic) bond motifs is 1. The van der Waals surface area contributed by atoms with Crippen LogP contribution >= 0.6 is 12.4 Å². The average Bonchev–Trinajstić information content (AvgIpc) is 3.11. The molecule has 0 bridgehead atoms. The molecule has 0 radical (unpaired) electrons. The van der Waals surface area contributed by atoms with Gasteiger partial charge in [-0.1, -0.05) is 6.07 Å². The first-order chi connectivity index (χ1) is 7.79. The van der Waals surface area contributed by atoms with E-state index in [2.05, 4.69) is 11.4 Å². The lowest BCUT2D eigenvalue weighted by atomic mass is 9.94. The van der Waals surface area contributed by atoms with Gasteiger partial charge in [0.05, 0.1) is 19.3 Å². The van der Waals surface area contributed by atoms with Gasteiger partial charge in [-0.2, -0.15) is 0 Å². The predicted molar refractivity (Wildman–Crippen MR) is 67.1 cm³/mol. The molecule has 4 heteroatoms. The van der Waals surface area contributed by atoms with Gasteiger partial charge in [0, 0.05) is 5.56 Å². The summed E-state index contributed by atoms with van der Waals surface area (Å²) in [5, 5.41) is 3.10. The Morgan fingerprint density at radius 1 is 1.35 bits per heavy atom. The SMILES string of the molecule is CN[C@@H]1COCc2cc(C3CC3)cc(F)c21.Cl. The zero-order valence-corrected chi connectivity index (χ0v) is 10.6. The highest BCUT2D eigenvalue weighted by molar-refractivity contribution is 5.85. The number of hydrogen-bond donors (Lipinski definition) is 1. The maximum absolute atomic E-state index is 14.1. The Morgan fingerprint density at radius 2 is 2.12 bits per heavy atom. The van der Waals surface area contributed by atoms with Crippen LogP contribution in [0.1, 0.15) is 41.5 Å². The van der Waals surface area contributed by atoms with E-state index in [9.17, 15) is 4.39 Å². The summed E-state index contributed by atoms with van der Waals surface area (Å²) >= 11 is 0. The van der Waals surface area contributed by atoms with Crippen LogP contribution in [0.3, 0.4) is 0 Å². The highest BCUT2D eigenvalue weighted by atomic mass is 35.5. The second-order valence-corrected chi connectivity index (χ2v) is 4.71. The maximum atomic E-state index is 14.1. The third-order valence-electron chi connectivity index (χ3n) is 3.53. The minimum atomic E-state index is -0.0675. The van der Waals surface area contributed by atoms with Gasteiger partial charge < -0.3 is 10.1 Å². The summed E-state index contributed by atoms with van der Waals surface area (Å²) in [4.78, 5) is 0. The molecule has 0 unspecified atom stereocenters. The molecule has 0 aromatic heterocycles. The Kier molecular flexibility index (Phi) is 3.71. The summed E-state index contributed by atoms with van der Waals surface area (Å²) in [7, 11) is 1.84. The minimum absolute atomic E-state index is 0. The summed E-state index contributed by atoms with van der Waals surface area (Å²) in [6.07, 6.45) is 2.41. The van der Waals surface area contributed by atoms with Crippen molar-refractivity contribution in [1.29, 1.82) is 0 Å². The lowest BCUT2D eigenvalue weighted by molar-refractivity contribution is 0.0825. The lowest BCUT2D eigenvalue weighted by Crippen LogP contribution is -2.28. The first-order valence-corrected chi connectivity index (χ1v) is 5.87. The lowest BCUT2D eigenvalue weighted by Gasteiger charge is -2.26. The Balaban J connectivity index is 0.00000108. The number of nitrogens with one attached hydrogen (secondary N) is 1. The van der Waals surface area contributed by atoms with Crippen LogP contribution in [0.15, 0.2) is 12.1 Å². The second kappa shape index (κ2) is 4.92. The van der Waals surface area contributed by atoms with E-state index < -0.39 is 0 Å². The third kappa shape index (κ3) is 2.32. The molecule has 1 saturated carbocycles. The van der Waals surface area contributed by atoms with E-state index in [4.69, 9.17) is 4.74 Å². The van der Waals surface area contributed by atoms with Gasteiger partial charge in [0.25, 0.3) is 0 Å². The Bertz CT molecular complexity index is 420. The van der Waals surface area contributed by atoms with E-state index >= 15 is 0 Å². The molecule has 1 atom stereocenters. The Hall–Kier alpha value is -0.640. The van der Waals surface area contributed by atoms with Gasteiger partial charge in [-0.3, -0.25) is 0 Å². The highest BCUT2D eigenvalue weighted by Crippen LogP contribution is 2.42. The zero-order valence-electron chi connectivity index (χ0n) is 9.83. The van der Waals surface area contributed by atoms with E-state index in [1.54, 1.807) is 6.07 Å². The number of benzene rings is 1. The van der Waals surface area contributed by atoms with E-state index in [1.165, 1.54) is 12.8 Å². The van der Waals surface area contributed by atoms with Crippen LogP contribution in [0, 0.1) is 5.82 Å². The molecule has 3 rings (SSSR count). The van der Waals surface area contributed by atoms with Gasteiger partial charge in [0.15, 0.2) is 0 Å². The molecule has 0 saturated heterocycles. The molecule has 0 spiro atoms. The molecular formula is C13H17ClFNO. The number of rotatable bonds is 2. The summed E-state index contributed by atoms with van der Waals surface area (Å²) in [5.74, 6) is 0.525. The van der Waals surface area contributed by atoms with Gasteiger partial charge in [0.1, 0.15) is 5.82 Å². The van der Waals surface area contributed by atoms with Crippen LogP contribution in [-0.4, -0.2) is 13.7 Å². The number of likely N-dealkylation sites (N-methyl/N-ethyl adjacent to an activating group) is 1. The molecule has 1 aliphatic heterocycles. The van der Waals surface area contributed by atoms with E-state index in [0.717, 1.165) is 16.7 Å².